The molecule has 2 saturated heterocycles. The van der Waals surface area contributed by atoms with Crippen molar-refractivity contribution in [2.45, 2.75) is 18.9 Å². The highest BCUT2D eigenvalue weighted by molar-refractivity contribution is 8.14. The molecule has 6 nitrogen and oxygen atoms in total. The van der Waals surface area contributed by atoms with Gasteiger partial charge in [0.2, 0.25) is 11.8 Å². The van der Waals surface area contributed by atoms with Gasteiger partial charge in [-0.3, -0.25) is 19.3 Å². The first-order valence-corrected chi connectivity index (χ1v) is 8.93. The summed E-state index contributed by atoms with van der Waals surface area (Å²) < 4.78 is 0. The molecule has 0 saturated carbocycles. The summed E-state index contributed by atoms with van der Waals surface area (Å²) in [6.45, 7) is 1.03. The number of imide groups is 1. The van der Waals surface area contributed by atoms with Crippen LogP contribution in [0.2, 0.25) is 0 Å². The van der Waals surface area contributed by atoms with Gasteiger partial charge in [0.05, 0.1) is 18.2 Å². The Morgan fingerprint density at radius 3 is 2.92 bits per heavy atom. The van der Waals surface area contributed by atoms with Gasteiger partial charge < -0.3 is 9.88 Å². The van der Waals surface area contributed by atoms with Crippen LogP contribution in [0.3, 0.4) is 0 Å². The number of fused-ring (bicyclic) bond motifs is 1. The van der Waals surface area contributed by atoms with Crippen molar-refractivity contribution in [3.05, 3.63) is 36.0 Å². The van der Waals surface area contributed by atoms with Crippen LogP contribution in [0.15, 0.2) is 30.5 Å². The molecule has 7 heteroatoms. The number of para-hydroxylation sites is 1. The topological polar surface area (TPSA) is 73.5 Å². The fraction of sp³-hybridized carbons (Fsp3) is 0.353. The number of aromatic amines is 1. The number of hydrogen-bond acceptors (Lipinski definition) is 4. The Bertz CT molecular complexity index is 815. The Kier molecular flexibility index (Phi) is 3.80. The smallest absolute Gasteiger partial charge is 0.289 e. The highest BCUT2D eigenvalue weighted by Gasteiger charge is 2.40. The number of carbonyl (C=O) groups is 3. The minimum atomic E-state index is -0.184. The minimum absolute atomic E-state index is 0.0361. The molecule has 1 unspecified atom stereocenters. The second-order valence-corrected chi connectivity index (χ2v) is 7.06. The molecule has 2 fully saturated rings. The molecule has 4 rings (SSSR count). The average molecular weight is 343 g/mol. The molecule has 3 heterocycles. The van der Waals surface area contributed by atoms with Crippen LogP contribution in [-0.2, 0) is 16.0 Å². The third-order valence-electron chi connectivity index (χ3n) is 4.68. The molecular formula is C17H17N3O3S. The average Bonchev–Trinajstić information content (AvgIpc) is 3.28. The van der Waals surface area contributed by atoms with Crippen molar-refractivity contribution in [2.24, 2.45) is 0 Å². The van der Waals surface area contributed by atoms with Gasteiger partial charge >= 0.3 is 0 Å². The maximum absolute atomic E-state index is 12.6. The van der Waals surface area contributed by atoms with E-state index in [-0.39, 0.29) is 28.8 Å². The van der Waals surface area contributed by atoms with Gasteiger partial charge in [0.15, 0.2) is 0 Å². The van der Waals surface area contributed by atoms with Crippen LogP contribution < -0.4 is 0 Å². The fourth-order valence-electron chi connectivity index (χ4n) is 3.45. The van der Waals surface area contributed by atoms with Crippen LogP contribution in [0.25, 0.3) is 10.9 Å². The van der Waals surface area contributed by atoms with Gasteiger partial charge in [0.25, 0.3) is 5.24 Å². The highest BCUT2D eigenvalue weighted by atomic mass is 32.2. The Labute approximate surface area is 143 Å². The van der Waals surface area contributed by atoms with E-state index in [9.17, 15) is 14.4 Å². The number of amides is 3. The van der Waals surface area contributed by atoms with Crippen LogP contribution in [0.4, 0.5) is 4.79 Å². The molecule has 1 atom stereocenters. The largest absolute Gasteiger partial charge is 0.361 e. The lowest BCUT2D eigenvalue weighted by Crippen LogP contribution is -2.41. The summed E-state index contributed by atoms with van der Waals surface area (Å²) in [6.07, 6.45) is 2.87. The van der Waals surface area contributed by atoms with E-state index in [1.165, 1.54) is 4.90 Å². The first-order chi connectivity index (χ1) is 11.6. The van der Waals surface area contributed by atoms with Crippen LogP contribution in [0.5, 0.6) is 0 Å². The number of carbonyl (C=O) groups excluding carboxylic acids is 3. The molecule has 2 aliphatic rings. The molecule has 2 aromatic rings. The van der Waals surface area contributed by atoms with Gasteiger partial charge in [-0.15, -0.1) is 0 Å². The lowest BCUT2D eigenvalue weighted by atomic mass is 10.1. The number of hydrogen-bond donors (Lipinski definition) is 1. The van der Waals surface area contributed by atoms with Gasteiger partial charge in [-0.2, -0.15) is 0 Å². The van der Waals surface area contributed by atoms with E-state index in [1.807, 2.05) is 30.5 Å². The van der Waals surface area contributed by atoms with Crippen molar-refractivity contribution in [1.82, 2.24) is 14.8 Å². The van der Waals surface area contributed by atoms with Crippen molar-refractivity contribution in [2.75, 3.05) is 18.8 Å². The Balaban J connectivity index is 1.44. The molecule has 2 aliphatic heterocycles. The number of H-pyrrole nitrogens is 1. The summed E-state index contributed by atoms with van der Waals surface area (Å²) in [6, 6.07) is 7.72. The van der Waals surface area contributed by atoms with Gasteiger partial charge in [-0.25, -0.2) is 0 Å². The highest BCUT2D eigenvalue weighted by Crippen LogP contribution is 2.27. The summed E-state index contributed by atoms with van der Waals surface area (Å²) in [7, 11) is 0. The first-order valence-electron chi connectivity index (χ1n) is 7.95. The molecule has 0 spiro atoms. The van der Waals surface area contributed by atoms with Crippen LogP contribution in [-0.4, -0.2) is 56.7 Å². The molecule has 1 aromatic heterocycles. The molecular weight excluding hydrogens is 326 g/mol. The van der Waals surface area contributed by atoms with Gasteiger partial charge in [0, 0.05) is 30.2 Å². The third kappa shape index (κ3) is 2.58. The van der Waals surface area contributed by atoms with Crippen LogP contribution in [0, 0.1) is 0 Å². The molecule has 1 N–H and O–H groups in total. The van der Waals surface area contributed by atoms with Crippen molar-refractivity contribution in [3.63, 3.8) is 0 Å². The van der Waals surface area contributed by atoms with Gasteiger partial charge in [-0.1, -0.05) is 30.0 Å². The normalized spacial score (nSPS) is 21.2. The Morgan fingerprint density at radius 2 is 2.12 bits per heavy atom. The number of likely N-dealkylation sites (tertiary alicyclic amines) is 1. The van der Waals surface area contributed by atoms with Crippen molar-refractivity contribution in [1.29, 1.82) is 0 Å². The first kappa shape index (κ1) is 15.3. The molecule has 0 bridgehead atoms. The molecule has 0 radical (unpaired) electrons. The number of benzene rings is 1. The minimum Gasteiger partial charge on any atom is -0.361 e. The number of nitrogens with one attached hydrogen (secondary N) is 1. The zero-order valence-electron chi connectivity index (χ0n) is 13.0. The van der Waals surface area contributed by atoms with Crippen molar-refractivity contribution < 1.29 is 14.4 Å². The second-order valence-electron chi connectivity index (χ2n) is 6.14. The van der Waals surface area contributed by atoms with Crippen molar-refractivity contribution >= 4 is 39.7 Å². The summed E-state index contributed by atoms with van der Waals surface area (Å²) >= 11 is 1.05. The number of rotatable bonds is 3. The monoisotopic (exact) mass is 343 g/mol. The third-order valence-corrected chi connectivity index (χ3v) is 5.52. The van der Waals surface area contributed by atoms with E-state index in [4.69, 9.17) is 0 Å². The zero-order valence-corrected chi connectivity index (χ0v) is 13.8. The predicted molar refractivity (Wildman–Crippen MR) is 91.7 cm³/mol. The predicted octanol–water partition coefficient (Wildman–Crippen LogP) is 2.01. The lowest BCUT2D eigenvalue weighted by molar-refractivity contribution is -0.131. The quantitative estimate of drug-likeness (QED) is 0.925. The maximum Gasteiger partial charge on any atom is 0.289 e. The molecule has 3 amide bonds. The fourth-order valence-corrected chi connectivity index (χ4v) is 4.22. The van der Waals surface area contributed by atoms with Crippen molar-refractivity contribution in [3.8, 4) is 0 Å². The summed E-state index contributed by atoms with van der Waals surface area (Å²) in [5.74, 6) is 0.119. The van der Waals surface area contributed by atoms with Gasteiger partial charge in [-0.05, 0) is 18.1 Å². The van der Waals surface area contributed by atoms with E-state index in [0.717, 1.165) is 28.2 Å². The van der Waals surface area contributed by atoms with E-state index < -0.39 is 0 Å². The van der Waals surface area contributed by atoms with E-state index in [0.29, 0.717) is 25.9 Å². The second kappa shape index (κ2) is 5.98. The zero-order chi connectivity index (χ0) is 16.7. The molecule has 24 heavy (non-hydrogen) atoms. The summed E-state index contributed by atoms with van der Waals surface area (Å²) in [5, 5.41) is 0.874. The molecule has 0 aliphatic carbocycles. The maximum atomic E-state index is 12.6. The van der Waals surface area contributed by atoms with E-state index in [1.54, 1.807) is 4.90 Å². The summed E-state index contributed by atoms with van der Waals surface area (Å²) in [5.41, 5.74) is 1.99. The number of nitrogens with zero attached hydrogens (tertiary/aromatic N) is 2. The standard InChI is InChI=1S/C17H17N3O3S/c21-15(7-11-8-18-14-4-2-1-3-13(11)14)19-6-5-12(9-19)20-16(22)10-24-17(20)23/h1-4,8,12,18H,5-7,9-10H2. The van der Waals surface area contributed by atoms with E-state index in [2.05, 4.69) is 4.98 Å². The van der Waals surface area contributed by atoms with E-state index >= 15 is 0 Å². The summed E-state index contributed by atoms with van der Waals surface area (Å²) in [4.78, 5) is 42.5. The molecule has 124 valence electrons. The number of thioether (sulfide) groups is 1. The van der Waals surface area contributed by atoms with Crippen LogP contribution >= 0.6 is 11.8 Å². The lowest BCUT2D eigenvalue weighted by Gasteiger charge is -2.21. The van der Waals surface area contributed by atoms with Crippen LogP contribution in [0.1, 0.15) is 12.0 Å². The Morgan fingerprint density at radius 1 is 1.29 bits per heavy atom. The number of aromatic nitrogens is 1. The SMILES string of the molecule is O=C(Cc1c[nH]c2ccccc12)N1CCC(N2C(=O)CSC2=O)C1. The Hall–Kier alpha value is -2.28. The van der Waals surface area contributed by atoms with Gasteiger partial charge in [0.1, 0.15) is 0 Å². The molecule has 1 aromatic carbocycles.